The molecule has 0 N–H and O–H groups in total. The summed E-state index contributed by atoms with van der Waals surface area (Å²) < 4.78 is 23.6. The van der Waals surface area contributed by atoms with Gasteiger partial charge in [-0.15, -0.1) is 0 Å². The predicted molar refractivity (Wildman–Crippen MR) is 164 cm³/mol. The fourth-order valence-corrected chi connectivity index (χ4v) is 5.27. The van der Waals surface area contributed by atoms with E-state index in [-0.39, 0.29) is 18.0 Å². The van der Waals surface area contributed by atoms with Crippen molar-refractivity contribution < 1.29 is 28.5 Å². The third-order valence-corrected chi connectivity index (χ3v) is 7.53. The average Bonchev–Trinajstić information content (AvgIpc) is 2.99. The van der Waals surface area contributed by atoms with Crippen LogP contribution in [0.5, 0.6) is 23.0 Å². The standard InChI is InChI=1S/C36H44O6/c1-3-4-5-6-7-8-9-10-14-17-36(38)41-31-20-18-29-19-23-33(42-34(29)24-31)32-22-21-30(40-27(2)37)25-35(32)39-26-28-15-12-11-13-16-28/h11-13,15-16,18,20-22,24-25,33H,3-10,14,17,19,23,26H2,1-2H3. The van der Waals surface area contributed by atoms with Gasteiger partial charge in [-0.05, 0) is 48.6 Å². The van der Waals surface area contributed by atoms with E-state index in [4.69, 9.17) is 18.9 Å². The third kappa shape index (κ3) is 9.93. The van der Waals surface area contributed by atoms with Crippen LogP contribution >= 0.6 is 0 Å². The van der Waals surface area contributed by atoms with E-state index >= 15 is 0 Å². The number of benzene rings is 3. The Labute approximate surface area is 250 Å². The maximum absolute atomic E-state index is 12.5. The minimum atomic E-state index is -0.389. The zero-order valence-corrected chi connectivity index (χ0v) is 25.1. The molecule has 224 valence electrons. The van der Waals surface area contributed by atoms with Crippen LogP contribution in [0.15, 0.2) is 66.7 Å². The van der Waals surface area contributed by atoms with Gasteiger partial charge in [0.1, 0.15) is 35.7 Å². The molecule has 1 heterocycles. The highest BCUT2D eigenvalue weighted by molar-refractivity contribution is 5.72. The molecule has 0 amide bonds. The summed E-state index contributed by atoms with van der Waals surface area (Å²) in [7, 11) is 0. The quantitative estimate of drug-likeness (QED) is 0.0968. The molecule has 0 spiro atoms. The number of hydrogen-bond donors (Lipinski definition) is 0. The van der Waals surface area contributed by atoms with Gasteiger partial charge in [0.05, 0.1) is 0 Å². The number of aryl methyl sites for hydroxylation is 1. The predicted octanol–water partition coefficient (Wildman–Crippen LogP) is 9.08. The van der Waals surface area contributed by atoms with Crippen molar-refractivity contribution in [1.29, 1.82) is 0 Å². The maximum Gasteiger partial charge on any atom is 0.311 e. The summed E-state index contributed by atoms with van der Waals surface area (Å²) in [4.78, 5) is 24.1. The van der Waals surface area contributed by atoms with E-state index < -0.39 is 0 Å². The first-order valence-electron chi connectivity index (χ1n) is 15.5. The Balaban J connectivity index is 1.34. The molecule has 1 unspecified atom stereocenters. The highest BCUT2D eigenvalue weighted by Gasteiger charge is 2.25. The first-order valence-corrected chi connectivity index (χ1v) is 15.5. The summed E-state index contributed by atoms with van der Waals surface area (Å²) in [5, 5.41) is 0. The van der Waals surface area contributed by atoms with E-state index in [1.807, 2.05) is 54.6 Å². The van der Waals surface area contributed by atoms with Crippen molar-refractivity contribution in [3.05, 3.63) is 83.4 Å². The maximum atomic E-state index is 12.5. The van der Waals surface area contributed by atoms with Crippen molar-refractivity contribution in [3.8, 4) is 23.0 Å². The van der Waals surface area contributed by atoms with Crippen molar-refractivity contribution in [2.45, 2.75) is 104 Å². The largest absolute Gasteiger partial charge is 0.488 e. The molecule has 0 radical (unpaired) electrons. The van der Waals surface area contributed by atoms with Crippen LogP contribution in [0.2, 0.25) is 0 Å². The smallest absolute Gasteiger partial charge is 0.311 e. The Morgan fingerprint density at radius 2 is 1.50 bits per heavy atom. The SMILES string of the molecule is CCCCCCCCCCCC(=O)Oc1ccc2c(c1)OC(c1ccc(OC(C)=O)cc1OCc1ccccc1)CC2. The average molecular weight is 573 g/mol. The van der Waals surface area contributed by atoms with Gasteiger partial charge in [-0.1, -0.05) is 94.7 Å². The van der Waals surface area contributed by atoms with Crippen LogP contribution in [0.25, 0.3) is 0 Å². The Hall–Kier alpha value is -3.80. The molecule has 1 aliphatic heterocycles. The van der Waals surface area contributed by atoms with Gasteiger partial charge < -0.3 is 18.9 Å². The number of ether oxygens (including phenoxy) is 4. The molecule has 0 saturated heterocycles. The fourth-order valence-electron chi connectivity index (χ4n) is 5.27. The van der Waals surface area contributed by atoms with Crippen LogP contribution in [-0.2, 0) is 22.6 Å². The number of unbranched alkanes of at least 4 members (excludes halogenated alkanes) is 8. The van der Waals surface area contributed by atoms with E-state index in [0.717, 1.165) is 42.4 Å². The first kappa shape index (κ1) is 31.1. The molecular weight excluding hydrogens is 528 g/mol. The molecule has 1 atom stereocenters. The number of fused-ring (bicyclic) bond motifs is 1. The van der Waals surface area contributed by atoms with Gasteiger partial charge >= 0.3 is 11.9 Å². The molecule has 42 heavy (non-hydrogen) atoms. The van der Waals surface area contributed by atoms with Gasteiger partial charge in [0.25, 0.3) is 0 Å². The lowest BCUT2D eigenvalue weighted by atomic mass is 9.96. The minimum absolute atomic E-state index is 0.206. The van der Waals surface area contributed by atoms with Crippen molar-refractivity contribution in [2.75, 3.05) is 0 Å². The number of carbonyl (C=O) groups excluding carboxylic acids is 2. The Morgan fingerprint density at radius 1 is 0.810 bits per heavy atom. The lowest BCUT2D eigenvalue weighted by Gasteiger charge is -2.28. The Kier molecular flexibility index (Phi) is 12.3. The van der Waals surface area contributed by atoms with E-state index in [0.29, 0.717) is 36.0 Å². The fraction of sp³-hybridized carbons (Fsp3) is 0.444. The molecule has 0 saturated carbocycles. The van der Waals surface area contributed by atoms with Crippen LogP contribution in [0.4, 0.5) is 0 Å². The molecule has 0 fully saturated rings. The number of hydrogen-bond acceptors (Lipinski definition) is 6. The first-order chi connectivity index (χ1) is 20.5. The van der Waals surface area contributed by atoms with Crippen molar-refractivity contribution in [3.63, 3.8) is 0 Å². The van der Waals surface area contributed by atoms with Crippen molar-refractivity contribution in [2.24, 2.45) is 0 Å². The van der Waals surface area contributed by atoms with E-state index in [1.54, 1.807) is 12.1 Å². The molecule has 6 nitrogen and oxygen atoms in total. The van der Waals surface area contributed by atoms with Gasteiger partial charge in [-0.25, -0.2) is 0 Å². The van der Waals surface area contributed by atoms with Crippen LogP contribution in [0.1, 0.15) is 107 Å². The summed E-state index contributed by atoms with van der Waals surface area (Å²) in [6, 6.07) is 20.9. The second-order valence-electron chi connectivity index (χ2n) is 11.0. The number of rotatable bonds is 16. The van der Waals surface area contributed by atoms with Crippen LogP contribution < -0.4 is 18.9 Å². The zero-order valence-electron chi connectivity index (χ0n) is 25.1. The van der Waals surface area contributed by atoms with E-state index in [2.05, 4.69) is 6.92 Å². The zero-order chi connectivity index (χ0) is 29.6. The number of carbonyl (C=O) groups is 2. The lowest BCUT2D eigenvalue weighted by molar-refractivity contribution is -0.134. The van der Waals surface area contributed by atoms with E-state index in [9.17, 15) is 9.59 Å². The van der Waals surface area contributed by atoms with Gasteiger partial charge in [-0.3, -0.25) is 9.59 Å². The van der Waals surface area contributed by atoms with Gasteiger partial charge in [0.2, 0.25) is 0 Å². The van der Waals surface area contributed by atoms with Gasteiger partial charge in [0.15, 0.2) is 0 Å². The lowest BCUT2D eigenvalue weighted by Crippen LogP contribution is -2.17. The molecule has 0 aromatic heterocycles. The van der Waals surface area contributed by atoms with Crippen LogP contribution in [-0.4, -0.2) is 11.9 Å². The molecular formula is C36H44O6. The normalized spacial score (nSPS) is 14.0. The monoisotopic (exact) mass is 572 g/mol. The van der Waals surface area contributed by atoms with Crippen molar-refractivity contribution >= 4 is 11.9 Å². The summed E-state index contributed by atoms with van der Waals surface area (Å²) in [6.45, 7) is 3.99. The van der Waals surface area contributed by atoms with Crippen molar-refractivity contribution in [1.82, 2.24) is 0 Å². The minimum Gasteiger partial charge on any atom is -0.488 e. The number of esters is 2. The third-order valence-electron chi connectivity index (χ3n) is 7.53. The second kappa shape index (κ2) is 16.6. The molecule has 0 aliphatic carbocycles. The highest BCUT2D eigenvalue weighted by Crippen LogP contribution is 2.41. The van der Waals surface area contributed by atoms with Gasteiger partial charge in [-0.2, -0.15) is 0 Å². The highest BCUT2D eigenvalue weighted by atomic mass is 16.5. The molecule has 1 aliphatic rings. The summed E-state index contributed by atoms with van der Waals surface area (Å²) in [6.07, 6.45) is 12.6. The molecule has 3 aromatic rings. The van der Waals surface area contributed by atoms with Gasteiger partial charge in [0, 0.05) is 31.0 Å². The molecule has 0 bridgehead atoms. The molecule has 6 heteroatoms. The summed E-state index contributed by atoms with van der Waals surface area (Å²) in [5.74, 6) is 1.64. The molecule has 4 rings (SSSR count). The van der Waals surface area contributed by atoms with Crippen LogP contribution in [0.3, 0.4) is 0 Å². The summed E-state index contributed by atoms with van der Waals surface area (Å²) >= 11 is 0. The Morgan fingerprint density at radius 3 is 2.24 bits per heavy atom. The Bertz CT molecular complexity index is 1290. The van der Waals surface area contributed by atoms with Crippen LogP contribution in [0, 0.1) is 0 Å². The summed E-state index contributed by atoms with van der Waals surface area (Å²) in [5.41, 5.74) is 2.98. The molecule has 3 aromatic carbocycles. The second-order valence-corrected chi connectivity index (χ2v) is 11.0. The van der Waals surface area contributed by atoms with E-state index in [1.165, 1.54) is 51.9 Å². The topological polar surface area (TPSA) is 71.1 Å².